The first-order valence-electron chi connectivity index (χ1n) is 5.82. The van der Waals surface area contributed by atoms with E-state index in [-0.39, 0.29) is 0 Å². The van der Waals surface area contributed by atoms with Crippen LogP contribution in [0.1, 0.15) is 36.8 Å². The molecular weight excluding hydrogens is 184 g/mol. The molecule has 0 aliphatic heterocycles. The molecule has 0 aromatic heterocycles. The summed E-state index contributed by atoms with van der Waals surface area (Å²) in [7, 11) is 0. The van der Waals surface area contributed by atoms with Crippen LogP contribution in [0.3, 0.4) is 0 Å². The molecule has 1 saturated carbocycles. The summed E-state index contributed by atoms with van der Waals surface area (Å²) >= 11 is 0. The van der Waals surface area contributed by atoms with E-state index in [2.05, 4.69) is 31.2 Å². The van der Waals surface area contributed by atoms with Crippen molar-refractivity contribution < 1.29 is 4.79 Å². The van der Waals surface area contributed by atoms with Crippen LogP contribution in [-0.4, -0.2) is 5.78 Å². The quantitative estimate of drug-likeness (QED) is 0.719. The van der Waals surface area contributed by atoms with Gasteiger partial charge in [-0.3, -0.25) is 4.79 Å². The van der Waals surface area contributed by atoms with Crippen LogP contribution < -0.4 is 0 Å². The number of benzene rings is 1. The van der Waals surface area contributed by atoms with Gasteiger partial charge in [0.15, 0.2) is 0 Å². The van der Waals surface area contributed by atoms with E-state index in [1.807, 2.05) is 0 Å². The molecular formula is C14H18O. The highest BCUT2D eigenvalue weighted by atomic mass is 16.1. The summed E-state index contributed by atoms with van der Waals surface area (Å²) in [6.45, 7) is 2.15. The van der Waals surface area contributed by atoms with Crippen molar-refractivity contribution in [2.24, 2.45) is 5.92 Å². The lowest BCUT2D eigenvalue weighted by molar-refractivity contribution is -0.121. The molecule has 1 nitrogen and oxygen atoms in total. The lowest BCUT2D eigenvalue weighted by Crippen LogP contribution is -2.17. The average Bonchev–Trinajstić information content (AvgIpc) is 2.22. The van der Waals surface area contributed by atoms with E-state index in [9.17, 15) is 4.79 Å². The number of hydrogen-bond acceptors (Lipinski definition) is 1. The number of hydrogen-bond donors (Lipinski definition) is 0. The third kappa shape index (κ3) is 2.68. The van der Waals surface area contributed by atoms with Crippen LogP contribution in [0.5, 0.6) is 0 Å². The molecule has 0 N–H and O–H groups in total. The molecule has 1 fully saturated rings. The van der Waals surface area contributed by atoms with Gasteiger partial charge >= 0.3 is 0 Å². The summed E-state index contributed by atoms with van der Waals surface area (Å²) in [6.07, 6.45) is 5.01. The van der Waals surface area contributed by atoms with Crippen molar-refractivity contribution in [1.82, 2.24) is 0 Å². The summed E-state index contributed by atoms with van der Waals surface area (Å²) in [5.74, 6) is 1.05. The Morgan fingerprint density at radius 3 is 2.87 bits per heavy atom. The first kappa shape index (κ1) is 10.4. The van der Waals surface area contributed by atoms with Crippen LogP contribution >= 0.6 is 0 Å². The van der Waals surface area contributed by atoms with Gasteiger partial charge in [0.25, 0.3) is 0 Å². The highest BCUT2D eigenvalue weighted by Crippen LogP contribution is 2.25. The summed E-state index contributed by atoms with van der Waals surface area (Å²) in [4.78, 5) is 11.3. The molecule has 15 heavy (non-hydrogen) atoms. The van der Waals surface area contributed by atoms with Gasteiger partial charge in [-0.05, 0) is 43.2 Å². The van der Waals surface area contributed by atoms with Crippen molar-refractivity contribution in [3.05, 3.63) is 35.4 Å². The van der Waals surface area contributed by atoms with Crippen LogP contribution in [-0.2, 0) is 11.2 Å². The van der Waals surface area contributed by atoms with Crippen LogP contribution in [0.15, 0.2) is 24.3 Å². The predicted octanol–water partition coefficient (Wildman–Crippen LogP) is 3.30. The topological polar surface area (TPSA) is 17.1 Å². The van der Waals surface area contributed by atoms with E-state index >= 15 is 0 Å². The van der Waals surface area contributed by atoms with E-state index in [4.69, 9.17) is 0 Å². The van der Waals surface area contributed by atoms with Gasteiger partial charge in [-0.1, -0.05) is 24.3 Å². The first-order valence-corrected chi connectivity index (χ1v) is 5.82. The Morgan fingerprint density at radius 2 is 2.13 bits per heavy atom. The molecule has 0 heterocycles. The van der Waals surface area contributed by atoms with Crippen molar-refractivity contribution in [3.8, 4) is 0 Å². The van der Waals surface area contributed by atoms with Crippen molar-refractivity contribution in [2.45, 2.75) is 39.0 Å². The molecule has 0 spiro atoms. The lowest BCUT2D eigenvalue weighted by atomic mass is 9.83. The smallest absolute Gasteiger partial charge is 0.133 e. The van der Waals surface area contributed by atoms with E-state index < -0.39 is 0 Å². The Hall–Kier alpha value is -1.11. The third-order valence-corrected chi connectivity index (χ3v) is 3.35. The van der Waals surface area contributed by atoms with Crippen LogP contribution in [0, 0.1) is 12.8 Å². The van der Waals surface area contributed by atoms with Gasteiger partial charge in [-0.15, -0.1) is 0 Å². The summed E-state index contributed by atoms with van der Waals surface area (Å²) < 4.78 is 0. The molecule has 1 aliphatic rings. The molecule has 1 aliphatic carbocycles. The Bertz CT molecular complexity index is 354. The molecule has 0 amide bonds. The predicted molar refractivity (Wildman–Crippen MR) is 61.8 cm³/mol. The number of ketones is 1. The number of Topliss-reactive ketones (excluding diaryl/α,β-unsaturated/α-hetero) is 1. The minimum atomic E-state index is 0.458. The van der Waals surface area contributed by atoms with Crippen LogP contribution in [0.4, 0.5) is 0 Å². The van der Waals surface area contributed by atoms with Crippen molar-refractivity contribution >= 4 is 5.78 Å². The standard InChI is InChI=1S/C14H18O/c1-11-5-2-3-7-13(11)9-12-6-4-8-14(15)10-12/h2-3,5,7,12H,4,6,8-10H2,1H3. The average molecular weight is 202 g/mol. The van der Waals surface area contributed by atoms with Crippen LogP contribution in [0.2, 0.25) is 0 Å². The van der Waals surface area contributed by atoms with Crippen molar-refractivity contribution in [2.75, 3.05) is 0 Å². The normalized spacial score (nSPS) is 21.7. The Labute approximate surface area is 91.5 Å². The number of aryl methyl sites for hydroxylation is 1. The third-order valence-electron chi connectivity index (χ3n) is 3.35. The Kier molecular flexibility index (Phi) is 3.20. The molecule has 80 valence electrons. The number of rotatable bonds is 2. The van der Waals surface area contributed by atoms with Crippen LogP contribution in [0.25, 0.3) is 0 Å². The van der Waals surface area contributed by atoms with Gasteiger partial charge in [-0.2, -0.15) is 0 Å². The molecule has 1 heteroatoms. The molecule has 0 bridgehead atoms. The SMILES string of the molecule is Cc1ccccc1CC1CCCC(=O)C1. The van der Waals surface area contributed by atoms with E-state index in [0.717, 1.165) is 25.7 Å². The zero-order valence-electron chi connectivity index (χ0n) is 9.33. The van der Waals surface area contributed by atoms with Gasteiger partial charge in [0.1, 0.15) is 5.78 Å². The van der Waals surface area contributed by atoms with Crippen molar-refractivity contribution in [3.63, 3.8) is 0 Å². The lowest BCUT2D eigenvalue weighted by Gasteiger charge is -2.21. The Morgan fingerprint density at radius 1 is 1.33 bits per heavy atom. The van der Waals surface area contributed by atoms with E-state index in [1.54, 1.807) is 0 Å². The minimum absolute atomic E-state index is 0.458. The highest BCUT2D eigenvalue weighted by molar-refractivity contribution is 5.79. The zero-order chi connectivity index (χ0) is 10.7. The maximum absolute atomic E-state index is 11.3. The van der Waals surface area contributed by atoms with E-state index in [1.165, 1.54) is 17.5 Å². The zero-order valence-corrected chi connectivity index (χ0v) is 9.33. The molecule has 0 saturated heterocycles. The number of carbonyl (C=O) groups excluding carboxylic acids is 1. The summed E-state index contributed by atoms with van der Waals surface area (Å²) in [5, 5.41) is 0. The summed E-state index contributed by atoms with van der Waals surface area (Å²) in [5.41, 5.74) is 2.77. The maximum Gasteiger partial charge on any atom is 0.133 e. The molecule has 2 rings (SSSR count). The molecule has 1 aromatic carbocycles. The highest BCUT2D eigenvalue weighted by Gasteiger charge is 2.19. The first-order chi connectivity index (χ1) is 7.25. The van der Waals surface area contributed by atoms with Gasteiger partial charge in [0, 0.05) is 12.8 Å². The molecule has 1 atom stereocenters. The second-order valence-corrected chi connectivity index (χ2v) is 4.63. The molecule has 1 unspecified atom stereocenters. The maximum atomic E-state index is 11.3. The fourth-order valence-electron chi connectivity index (χ4n) is 2.44. The fraction of sp³-hybridized carbons (Fsp3) is 0.500. The Balaban J connectivity index is 2.02. The van der Waals surface area contributed by atoms with Gasteiger partial charge < -0.3 is 0 Å². The molecule has 0 radical (unpaired) electrons. The van der Waals surface area contributed by atoms with Gasteiger partial charge in [0.2, 0.25) is 0 Å². The summed E-state index contributed by atoms with van der Waals surface area (Å²) in [6, 6.07) is 8.51. The minimum Gasteiger partial charge on any atom is -0.300 e. The van der Waals surface area contributed by atoms with Gasteiger partial charge in [0.05, 0.1) is 0 Å². The van der Waals surface area contributed by atoms with E-state index in [0.29, 0.717) is 11.7 Å². The monoisotopic (exact) mass is 202 g/mol. The second kappa shape index (κ2) is 4.61. The largest absolute Gasteiger partial charge is 0.300 e. The van der Waals surface area contributed by atoms with Gasteiger partial charge in [-0.25, -0.2) is 0 Å². The number of carbonyl (C=O) groups is 1. The van der Waals surface area contributed by atoms with Crippen molar-refractivity contribution in [1.29, 1.82) is 0 Å². The second-order valence-electron chi connectivity index (χ2n) is 4.63. The fourth-order valence-corrected chi connectivity index (χ4v) is 2.44. The molecule has 1 aromatic rings.